The van der Waals surface area contributed by atoms with Crippen LogP contribution in [0.15, 0.2) is 86.0 Å². The minimum absolute atomic E-state index is 0.0314. The van der Waals surface area contributed by atoms with Crippen LogP contribution in [0.2, 0.25) is 0 Å². The average Bonchev–Trinajstić information content (AvgIpc) is 3.66. The van der Waals surface area contributed by atoms with Crippen molar-refractivity contribution in [2.24, 2.45) is 0 Å². The molecule has 0 fully saturated rings. The molecule has 0 atom stereocenters. The van der Waals surface area contributed by atoms with Crippen molar-refractivity contribution in [2.75, 3.05) is 27.3 Å². The number of rotatable bonds is 11. The topological polar surface area (TPSA) is 197 Å². The standard InChI is InChI=1S/C28H24N2O12S2/c1-37-25-21-17(9-13-39-21)27(15-5-7-19(31)41-23(15)25)43(33,34)29-11-3-4-12-30-44(35,36)28-16-6-8-20(32)42-24(16)26(38-2)22-18(28)10-14-40-22/h5-10,13-14,29-30H,3-4,11-12H2,1-2H3. The molecule has 0 unspecified atom stereocenters. The number of sulfonamides is 2. The lowest BCUT2D eigenvalue weighted by Crippen LogP contribution is -2.28. The van der Waals surface area contributed by atoms with E-state index >= 15 is 0 Å². The Bertz CT molecular complexity index is 2230. The van der Waals surface area contributed by atoms with Gasteiger partial charge in [-0.15, -0.1) is 0 Å². The molecule has 6 rings (SSSR count). The molecule has 0 radical (unpaired) electrons. The Morgan fingerprint density at radius 2 is 0.977 bits per heavy atom. The molecular formula is C28H24N2O12S2. The van der Waals surface area contributed by atoms with Gasteiger partial charge < -0.3 is 27.1 Å². The van der Waals surface area contributed by atoms with Crippen LogP contribution in [0.3, 0.4) is 0 Å². The van der Waals surface area contributed by atoms with Crippen molar-refractivity contribution >= 4 is 63.9 Å². The molecule has 14 nitrogen and oxygen atoms in total. The van der Waals surface area contributed by atoms with E-state index in [1.807, 2.05) is 0 Å². The second-order valence-electron chi connectivity index (χ2n) is 9.55. The lowest BCUT2D eigenvalue weighted by molar-refractivity contribution is 0.402. The number of hydrogen-bond acceptors (Lipinski definition) is 12. The lowest BCUT2D eigenvalue weighted by atomic mass is 10.1. The molecule has 2 N–H and O–H groups in total. The second kappa shape index (κ2) is 11.1. The van der Waals surface area contributed by atoms with Crippen LogP contribution in [-0.4, -0.2) is 44.1 Å². The molecule has 2 aromatic carbocycles. The van der Waals surface area contributed by atoms with Gasteiger partial charge in [-0.3, -0.25) is 0 Å². The first kappa shape index (κ1) is 29.4. The summed E-state index contributed by atoms with van der Waals surface area (Å²) in [6.45, 7) is -0.0629. The number of unbranched alkanes of at least 4 members (excludes halogenated alkanes) is 1. The Labute approximate surface area is 248 Å². The Kier molecular flexibility index (Phi) is 7.44. The number of methoxy groups -OCH3 is 2. The van der Waals surface area contributed by atoms with Crippen LogP contribution in [-0.2, 0) is 20.0 Å². The predicted molar refractivity (Wildman–Crippen MR) is 157 cm³/mol. The molecular weight excluding hydrogens is 620 g/mol. The summed E-state index contributed by atoms with van der Waals surface area (Å²) in [6.07, 6.45) is 3.12. The highest BCUT2D eigenvalue weighted by atomic mass is 32.2. The molecule has 0 aliphatic carbocycles. The third-order valence-electron chi connectivity index (χ3n) is 6.93. The summed E-state index contributed by atoms with van der Waals surface area (Å²) < 4.78 is 90.9. The van der Waals surface area contributed by atoms with E-state index in [2.05, 4.69) is 9.44 Å². The summed E-state index contributed by atoms with van der Waals surface area (Å²) in [4.78, 5) is 23.5. The van der Waals surface area contributed by atoms with Gasteiger partial charge in [-0.2, -0.15) is 0 Å². The third-order valence-corrected chi connectivity index (χ3v) is 10.1. The van der Waals surface area contributed by atoms with E-state index in [9.17, 15) is 26.4 Å². The van der Waals surface area contributed by atoms with E-state index < -0.39 is 31.3 Å². The first-order valence-electron chi connectivity index (χ1n) is 13.1. The highest BCUT2D eigenvalue weighted by Gasteiger charge is 2.29. The third kappa shape index (κ3) is 4.90. The van der Waals surface area contributed by atoms with Crippen LogP contribution in [0.5, 0.6) is 11.5 Å². The van der Waals surface area contributed by atoms with Gasteiger partial charge in [0.1, 0.15) is 9.79 Å². The molecule has 0 aliphatic rings. The summed E-state index contributed by atoms with van der Waals surface area (Å²) >= 11 is 0. The molecule has 6 aromatic rings. The molecule has 4 aromatic heterocycles. The number of hydrogen-bond donors (Lipinski definition) is 2. The summed E-state index contributed by atoms with van der Waals surface area (Å²) in [5.41, 5.74) is -1.34. The van der Waals surface area contributed by atoms with Gasteiger partial charge in [-0.25, -0.2) is 35.9 Å². The van der Waals surface area contributed by atoms with Gasteiger partial charge in [0.15, 0.2) is 22.3 Å². The van der Waals surface area contributed by atoms with Crippen molar-refractivity contribution in [2.45, 2.75) is 22.6 Å². The van der Waals surface area contributed by atoms with Crippen molar-refractivity contribution < 1.29 is 44.0 Å². The molecule has 230 valence electrons. The van der Waals surface area contributed by atoms with Crippen LogP contribution < -0.4 is 30.2 Å². The number of nitrogens with one attached hydrogen (secondary N) is 2. The van der Waals surface area contributed by atoms with Crippen LogP contribution in [0, 0.1) is 0 Å². The zero-order valence-corrected chi connectivity index (χ0v) is 24.8. The smallest absolute Gasteiger partial charge is 0.336 e. The first-order chi connectivity index (χ1) is 21.1. The molecule has 4 heterocycles. The average molecular weight is 645 g/mol. The fourth-order valence-corrected chi connectivity index (χ4v) is 8.03. The zero-order valence-electron chi connectivity index (χ0n) is 23.2. The van der Waals surface area contributed by atoms with Crippen molar-refractivity contribution in [1.82, 2.24) is 9.44 Å². The summed E-state index contributed by atoms with van der Waals surface area (Å²) in [6, 6.07) is 7.83. The van der Waals surface area contributed by atoms with Gasteiger partial charge in [0.05, 0.1) is 26.7 Å². The number of benzene rings is 2. The maximum atomic E-state index is 13.4. The normalized spacial score (nSPS) is 12.5. The molecule has 0 bridgehead atoms. The quantitative estimate of drug-likeness (QED) is 0.154. The monoisotopic (exact) mass is 644 g/mol. The van der Waals surface area contributed by atoms with Crippen molar-refractivity contribution in [3.05, 3.63) is 69.8 Å². The molecule has 0 spiro atoms. The van der Waals surface area contributed by atoms with E-state index in [4.69, 9.17) is 27.1 Å². The van der Waals surface area contributed by atoms with E-state index in [0.29, 0.717) is 0 Å². The minimum Gasteiger partial charge on any atom is -0.490 e. The largest absolute Gasteiger partial charge is 0.490 e. The van der Waals surface area contributed by atoms with Crippen LogP contribution >= 0.6 is 0 Å². The number of fused-ring (bicyclic) bond motifs is 4. The Morgan fingerprint density at radius 3 is 1.36 bits per heavy atom. The number of furan rings is 2. The number of ether oxygens (including phenoxy) is 2. The summed E-state index contributed by atoms with van der Waals surface area (Å²) in [5, 5.41) is 0.723. The molecule has 0 aliphatic heterocycles. The highest BCUT2D eigenvalue weighted by Crippen LogP contribution is 2.41. The van der Waals surface area contributed by atoms with E-state index in [0.717, 1.165) is 12.1 Å². The van der Waals surface area contributed by atoms with Crippen LogP contribution in [0.1, 0.15) is 12.8 Å². The van der Waals surface area contributed by atoms with Crippen LogP contribution in [0.25, 0.3) is 43.9 Å². The van der Waals surface area contributed by atoms with Crippen molar-refractivity contribution in [3.63, 3.8) is 0 Å². The molecule has 16 heteroatoms. The van der Waals surface area contributed by atoms with Crippen LogP contribution in [0.4, 0.5) is 0 Å². The van der Waals surface area contributed by atoms with Gasteiger partial charge in [-0.1, -0.05) is 0 Å². The van der Waals surface area contributed by atoms with Gasteiger partial charge in [0, 0.05) is 46.8 Å². The van der Waals surface area contributed by atoms with E-state index in [1.54, 1.807) is 0 Å². The molecule has 0 saturated heterocycles. The molecule has 0 amide bonds. The van der Waals surface area contributed by atoms with Gasteiger partial charge in [-0.05, 0) is 37.1 Å². The Morgan fingerprint density at radius 1 is 0.591 bits per heavy atom. The van der Waals surface area contributed by atoms with Crippen molar-refractivity contribution in [3.8, 4) is 11.5 Å². The first-order valence-corrected chi connectivity index (χ1v) is 16.1. The Balaban J connectivity index is 1.19. The van der Waals surface area contributed by atoms with Gasteiger partial charge >= 0.3 is 11.3 Å². The highest BCUT2D eigenvalue weighted by molar-refractivity contribution is 7.90. The maximum Gasteiger partial charge on any atom is 0.336 e. The van der Waals surface area contributed by atoms with Crippen molar-refractivity contribution in [1.29, 1.82) is 0 Å². The fourth-order valence-electron chi connectivity index (χ4n) is 5.11. The SMILES string of the molecule is COc1c2occc2c(S(=O)(=O)NCCCCNS(=O)(=O)c2c3ccoc3c(OC)c3oc(=O)ccc23)c2ccc(=O)oc12. The predicted octanol–water partition coefficient (Wildman–Crippen LogP) is 3.45. The fraction of sp³-hybridized carbons (Fsp3) is 0.214. The van der Waals surface area contributed by atoms with E-state index in [-0.39, 0.29) is 91.1 Å². The maximum absolute atomic E-state index is 13.4. The van der Waals surface area contributed by atoms with Gasteiger partial charge in [0.25, 0.3) is 0 Å². The van der Waals surface area contributed by atoms with E-state index in [1.165, 1.54) is 51.0 Å². The lowest BCUT2D eigenvalue weighted by Gasteiger charge is -2.13. The zero-order chi connectivity index (χ0) is 31.2. The second-order valence-corrected chi connectivity index (χ2v) is 13.0. The summed E-state index contributed by atoms with van der Waals surface area (Å²) in [5.74, 6) is 0.173. The molecule has 0 saturated carbocycles. The summed E-state index contributed by atoms with van der Waals surface area (Å²) in [7, 11) is -5.62. The molecule has 44 heavy (non-hydrogen) atoms. The Hall–Kier alpha value is -4.64. The minimum atomic E-state index is -4.16. The van der Waals surface area contributed by atoms with Gasteiger partial charge in [0.2, 0.25) is 31.5 Å².